The predicted octanol–water partition coefficient (Wildman–Crippen LogP) is 1.35. The van der Waals surface area contributed by atoms with Crippen molar-refractivity contribution in [2.45, 2.75) is 57.7 Å². The molecular weight excluding hydrogens is 242 g/mol. The van der Waals surface area contributed by atoms with Crippen molar-refractivity contribution in [1.82, 2.24) is 4.72 Å². The molecule has 5 nitrogen and oxygen atoms in total. The lowest BCUT2D eigenvalue weighted by Crippen LogP contribution is -2.51. The molecule has 1 aliphatic rings. The second-order valence-electron chi connectivity index (χ2n) is 5.90. The maximum absolute atomic E-state index is 12.0. The van der Waals surface area contributed by atoms with E-state index in [9.17, 15) is 18.3 Å². The summed E-state index contributed by atoms with van der Waals surface area (Å²) >= 11 is 0. The van der Waals surface area contributed by atoms with Crippen LogP contribution in [-0.4, -0.2) is 30.3 Å². The molecule has 1 saturated carbocycles. The van der Waals surface area contributed by atoms with Gasteiger partial charge in [-0.1, -0.05) is 6.42 Å². The van der Waals surface area contributed by atoms with E-state index in [0.717, 1.165) is 6.42 Å². The molecule has 1 fully saturated rings. The van der Waals surface area contributed by atoms with Crippen LogP contribution in [0.2, 0.25) is 0 Å². The quantitative estimate of drug-likeness (QED) is 0.805. The van der Waals surface area contributed by atoms with Crippen LogP contribution in [0, 0.1) is 5.41 Å². The summed E-state index contributed by atoms with van der Waals surface area (Å²) in [7, 11) is -3.50. The average molecular weight is 263 g/mol. The van der Waals surface area contributed by atoms with E-state index in [1.54, 1.807) is 27.7 Å². The van der Waals surface area contributed by atoms with Gasteiger partial charge >= 0.3 is 5.97 Å². The molecule has 0 heterocycles. The van der Waals surface area contributed by atoms with Crippen LogP contribution in [0.4, 0.5) is 0 Å². The van der Waals surface area contributed by atoms with Gasteiger partial charge in [-0.05, 0) is 40.5 Å². The maximum Gasteiger partial charge on any atom is 0.310 e. The smallest absolute Gasteiger partial charge is 0.310 e. The number of carbonyl (C=O) groups is 1. The van der Waals surface area contributed by atoms with Crippen LogP contribution < -0.4 is 4.72 Å². The van der Waals surface area contributed by atoms with E-state index in [2.05, 4.69) is 4.72 Å². The molecule has 0 amide bonds. The Labute approximate surface area is 103 Å². The fourth-order valence-corrected chi connectivity index (χ4v) is 3.08. The Morgan fingerprint density at radius 2 is 1.94 bits per heavy atom. The molecule has 0 radical (unpaired) electrons. The van der Waals surface area contributed by atoms with Crippen molar-refractivity contribution in [2.24, 2.45) is 5.41 Å². The monoisotopic (exact) mass is 263 g/mol. The second-order valence-corrected chi connectivity index (χ2v) is 8.37. The number of carboxylic acid groups (broad SMARTS) is 1. The highest BCUT2D eigenvalue weighted by Gasteiger charge is 2.48. The van der Waals surface area contributed by atoms with E-state index in [1.807, 2.05) is 0 Å². The highest BCUT2D eigenvalue weighted by Crippen LogP contribution is 2.39. The van der Waals surface area contributed by atoms with Gasteiger partial charge in [-0.25, -0.2) is 13.1 Å². The summed E-state index contributed by atoms with van der Waals surface area (Å²) < 4.78 is 25.7. The number of carboxylic acids is 1. The van der Waals surface area contributed by atoms with E-state index < -0.39 is 32.2 Å². The molecule has 2 N–H and O–H groups in total. The summed E-state index contributed by atoms with van der Waals surface area (Å²) in [5, 5.41) is 9.21. The standard InChI is InChI=1S/C11H21NO4S/c1-10(2,3)17(15,16)12-8-6-5-7-11(8,4)9(13)14/h8,12H,5-7H2,1-4H3,(H,13,14). The van der Waals surface area contributed by atoms with Crippen LogP contribution in [0.25, 0.3) is 0 Å². The topological polar surface area (TPSA) is 83.5 Å². The van der Waals surface area contributed by atoms with Gasteiger partial charge in [0.25, 0.3) is 0 Å². The number of nitrogens with one attached hydrogen (secondary N) is 1. The molecular formula is C11H21NO4S. The minimum Gasteiger partial charge on any atom is -0.481 e. The average Bonchev–Trinajstić information content (AvgIpc) is 2.46. The van der Waals surface area contributed by atoms with Gasteiger partial charge in [0.05, 0.1) is 10.2 Å². The highest BCUT2D eigenvalue weighted by molar-refractivity contribution is 7.90. The van der Waals surface area contributed by atoms with Crippen LogP contribution in [0.15, 0.2) is 0 Å². The third kappa shape index (κ3) is 2.63. The predicted molar refractivity (Wildman–Crippen MR) is 65.2 cm³/mol. The molecule has 17 heavy (non-hydrogen) atoms. The van der Waals surface area contributed by atoms with E-state index in [-0.39, 0.29) is 0 Å². The van der Waals surface area contributed by atoms with Crippen molar-refractivity contribution in [2.75, 3.05) is 0 Å². The minimum absolute atomic E-state index is 0.510. The lowest BCUT2D eigenvalue weighted by atomic mass is 9.85. The Kier molecular flexibility index (Phi) is 3.60. The van der Waals surface area contributed by atoms with Gasteiger partial charge in [0.1, 0.15) is 0 Å². The summed E-state index contributed by atoms with van der Waals surface area (Å²) in [5.41, 5.74) is -0.988. The summed E-state index contributed by atoms with van der Waals surface area (Å²) in [6.45, 7) is 6.41. The number of rotatable bonds is 3. The largest absolute Gasteiger partial charge is 0.481 e. The Morgan fingerprint density at radius 1 is 1.41 bits per heavy atom. The van der Waals surface area contributed by atoms with E-state index in [4.69, 9.17) is 0 Å². The minimum atomic E-state index is -3.50. The van der Waals surface area contributed by atoms with Gasteiger partial charge in [-0.2, -0.15) is 0 Å². The fourth-order valence-electron chi connectivity index (χ4n) is 1.98. The zero-order valence-corrected chi connectivity index (χ0v) is 11.6. The van der Waals surface area contributed by atoms with Gasteiger partial charge < -0.3 is 5.11 Å². The molecule has 1 rings (SSSR count). The molecule has 0 aromatic carbocycles. The zero-order valence-electron chi connectivity index (χ0n) is 10.8. The van der Waals surface area contributed by atoms with Crippen molar-refractivity contribution in [3.63, 3.8) is 0 Å². The molecule has 100 valence electrons. The molecule has 1 aliphatic carbocycles. The van der Waals surface area contributed by atoms with Gasteiger partial charge in [0.15, 0.2) is 0 Å². The summed E-state index contributed by atoms with van der Waals surface area (Å²) in [5.74, 6) is -0.934. The first-order valence-electron chi connectivity index (χ1n) is 5.76. The molecule has 2 atom stereocenters. The van der Waals surface area contributed by atoms with Crippen molar-refractivity contribution in [3.05, 3.63) is 0 Å². The van der Waals surface area contributed by atoms with Crippen LogP contribution in [0.1, 0.15) is 47.0 Å². The van der Waals surface area contributed by atoms with Crippen LogP contribution in [-0.2, 0) is 14.8 Å². The molecule has 6 heteroatoms. The van der Waals surface area contributed by atoms with Gasteiger partial charge in [-0.3, -0.25) is 4.79 Å². The molecule has 0 bridgehead atoms. The van der Waals surface area contributed by atoms with E-state index in [1.165, 1.54) is 0 Å². The Balaban J connectivity index is 2.94. The lowest BCUT2D eigenvalue weighted by molar-refractivity contribution is -0.148. The number of sulfonamides is 1. The van der Waals surface area contributed by atoms with Crippen LogP contribution in [0.3, 0.4) is 0 Å². The first kappa shape index (κ1) is 14.4. The van der Waals surface area contributed by atoms with Gasteiger partial charge in [0, 0.05) is 6.04 Å². The van der Waals surface area contributed by atoms with Crippen LogP contribution >= 0.6 is 0 Å². The highest BCUT2D eigenvalue weighted by atomic mass is 32.2. The Bertz CT molecular complexity index is 410. The molecule has 0 aromatic heterocycles. The first-order chi connectivity index (χ1) is 7.51. The number of hydrogen-bond donors (Lipinski definition) is 2. The Hall–Kier alpha value is -0.620. The first-order valence-corrected chi connectivity index (χ1v) is 7.24. The number of hydrogen-bond acceptors (Lipinski definition) is 3. The molecule has 2 unspecified atom stereocenters. The zero-order chi connectivity index (χ0) is 13.5. The third-order valence-corrected chi connectivity index (χ3v) is 5.76. The van der Waals surface area contributed by atoms with Gasteiger partial charge in [-0.15, -0.1) is 0 Å². The molecule has 0 saturated heterocycles. The molecule has 0 spiro atoms. The van der Waals surface area contributed by atoms with Gasteiger partial charge in [0.2, 0.25) is 10.0 Å². The van der Waals surface area contributed by atoms with Crippen molar-refractivity contribution in [3.8, 4) is 0 Å². The molecule has 0 aliphatic heterocycles. The Morgan fingerprint density at radius 3 is 2.35 bits per heavy atom. The fraction of sp³-hybridized carbons (Fsp3) is 0.909. The molecule has 0 aromatic rings. The van der Waals surface area contributed by atoms with Crippen molar-refractivity contribution < 1.29 is 18.3 Å². The third-order valence-electron chi connectivity index (χ3n) is 3.55. The second kappa shape index (κ2) is 4.24. The summed E-state index contributed by atoms with van der Waals surface area (Å²) in [4.78, 5) is 11.2. The van der Waals surface area contributed by atoms with E-state index in [0.29, 0.717) is 12.8 Å². The maximum atomic E-state index is 12.0. The summed E-state index contributed by atoms with van der Waals surface area (Å²) in [6.07, 6.45) is 1.83. The van der Waals surface area contributed by atoms with Crippen LogP contribution in [0.5, 0.6) is 0 Å². The normalized spacial score (nSPS) is 30.5. The summed E-state index contributed by atoms with van der Waals surface area (Å²) in [6, 6.07) is -0.510. The SMILES string of the molecule is CC1(C(=O)O)CCCC1NS(=O)(=O)C(C)(C)C. The lowest BCUT2D eigenvalue weighted by Gasteiger charge is -2.30. The van der Waals surface area contributed by atoms with Crippen molar-refractivity contribution in [1.29, 1.82) is 0 Å². The van der Waals surface area contributed by atoms with Crippen molar-refractivity contribution >= 4 is 16.0 Å². The number of aliphatic carboxylic acids is 1. The van der Waals surface area contributed by atoms with E-state index >= 15 is 0 Å².